The second-order valence-corrected chi connectivity index (χ2v) is 8.05. The van der Waals surface area contributed by atoms with E-state index in [1.54, 1.807) is 36.4 Å². The number of sulfonamides is 1. The van der Waals surface area contributed by atoms with E-state index in [1.807, 2.05) is 6.07 Å². The Morgan fingerprint density at radius 2 is 1.71 bits per heavy atom. The second kappa shape index (κ2) is 9.35. The summed E-state index contributed by atoms with van der Waals surface area (Å²) in [5.74, 6) is 0.0824. The number of carbonyl (C=O) groups excluding carboxylic acids is 1. The first kappa shape index (κ1) is 21.4. The van der Waals surface area contributed by atoms with E-state index >= 15 is 0 Å². The van der Waals surface area contributed by atoms with Gasteiger partial charge in [-0.25, -0.2) is 8.42 Å². The van der Waals surface area contributed by atoms with Gasteiger partial charge in [-0.05, 0) is 61.2 Å². The van der Waals surface area contributed by atoms with E-state index in [0.717, 1.165) is 12.0 Å². The molecule has 0 aromatic heterocycles. The first-order valence-electron chi connectivity index (χ1n) is 8.85. The van der Waals surface area contributed by atoms with E-state index in [2.05, 4.69) is 24.1 Å². The summed E-state index contributed by atoms with van der Waals surface area (Å²) in [7, 11) is -3.89. The first-order chi connectivity index (χ1) is 13.3. The van der Waals surface area contributed by atoms with Crippen molar-refractivity contribution in [2.24, 2.45) is 0 Å². The van der Waals surface area contributed by atoms with Gasteiger partial charge in [-0.15, -0.1) is 4.83 Å². The van der Waals surface area contributed by atoms with Crippen LogP contribution >= 0.6 is 0 Å². The fourth-order valence-corrected chi connectivity index (χ4v) is 3.20. The SMILES string of the molecule is CC[C@H](C)c1ccc(S(=O)(=O)NNC(=O)[C@H](C)Oc2ccc(C#N)cc2)cc1. The molecule has 2 atom stereocenters. The van der Waals surface area contributed by atoms with Crippen LogP contribution < -0.4 is 15.0 Å². The lowest BCUT2D eigenvalue weighted by Crippen LogP contribution is -2.47. The molecule has 0 aliphatic heterocycles. The Balaban J connectivity index is 1.95. The van der Waals surface area contributed by atoms with Crippen LogP contribution in [0.3, 0.4) is 0 Å². The minimum absolute atomic E-state index is 0.0560. The number of nitriles is 1. The number of benzene rings is 2. The summed E-state index contributed by atoms with van der Waals surface area (Å²) in [6.45, 7) is 5.62. The Morgan fingerprint density at radius 3 is 2.25 bits per heavy atom. The summed E-state index contributed by atoms with van der Waals surface area (Å²) in [5.41, 5.74) is 3.68. The molecule has 2 aromatic rings. The Bertz CT molecular complexity index is 948. The van der Waals surface area contributed by atoms with Crippen LogP contribution in [0.5, 0.6) is 5.75 Å². The summed E-state index contributed by atoms with van der Waals surface area (Å²) in [6, 6.07) is 14.8. The molecule has 0 saturated heterocycles. The van der Waals surface area contributed by atoms with Gasteiger partial charge in [0.05, 0.1) is 16.5 Å². The average molecular weight is 401 g/mol. The molecule has 8 heteroatoms. The monoisotopic (exact) mass is 401 g/mol. The van der Waals surface area contributed by atoms with Crippen LogP contribution in [0.15, 0.2) is 53.4 Å². The van der Waals surface area contributed by atoms with E-state index < -0.39 is 22.0 Å². The number of ether oxygens (including phenoxy) is 1. The molecule has 0 bridgehead atoms. The number of hydrogen-bond donors (Lipinski definition) is 2. The molecule has 1 amide bonds. The van der Waals surface area contributed by atoms with Crippen molar-refractivity contribution in [3.8, 4) is 11.8 Å². The van der Waals surface area contributed by atoms with Gasteiger partial charge in [-0.1, -0.05) is 26.0 Å². The maximum Gasteiger partial charge on any atom is 0.275 e. The standard InChI is InChI=1S/C20H23N3O4S/c1-4-14(2)17-7-11-19(12-8-17)28(25,26)23-22-20(24)15(3)27-18-9-5-16(13-21)6-10-18/h5-12,14-15,23H,4H2,1-3H3,(H,22,24)/t14-,15-/m0/s1. The Hall–Kier alpha value is -2.89. The lowest BCUT2D eigenvalue weighted by Gasteiger charge is -2.15. The molecule has 0 aliphatic carbocycles. The lowest BCUT2D eigenvalue weighted by molar-refractivity contribution is -0.127. The van der Waals surface area contributed by atoms with Crippen molar-refractivity contribution in [2.75, 3.05) is 0 Å². The van der Waals surface area contributed by atoms with Crippen LogP contribution in [0.25, 0.3) is 0 Å². The van der Waals surface area contributed by atoms with Crippen LogP contribution in [0.2, 0.25) is 0 Å². The molecule has 28 heavy (non-hydrogen) atoms. The number of hydrogen-bond acceptors (Lipinski definition) is 5. The number of hydrazine groups is 1. The van der Waals surface area contributed by atoms with Gasteiger partial charge in [0.25, 0.3) is 15.9 Å². The predicted molar refractivity (Wildman–Crippen MR) is 105 cm³/mol. The molecule has 2 rings (SSSR count). The quantitative estimate of drug-likeness (QED) is 0.661. The van der Waals surface area contributed by atoms with E-state index in [1.165, 1.54) is 19.1 Å². The third-order valence-electron chi connectivity index (χ3n) is 4.35. The molecule has 0 unspecified atom stereocenters. The molecular weight excluding hydrogens is 378 g/mol. The highest BCUT2D eigenvalue weighted by Gasteiger charge is 2.19. The largest absolute Gasteiger partial charge is 0.481 e. The maximum absolute atomic E-state index is 12.3. The van der Waals surface area contributed by atoms with Gasteiger partial charge in [0.15, 0.2) is 6.10 Å². The van der Waals surface area contributed by atoms with Crippen LogP contribution in [0.4, 0.5) is 0 Å². The fraction of sp³-hybridized carbons (Fsp3) is 0.300. The summed E-state index contributed by atoms with van der Waals surface area (Å²) in [5, 5.41) is 8.77. The molecule has 2 aromatic carbocycles. The Labute approximate surface area is 165 Å². The highest BCUT2D eigenvalue weighted by atomic mass is 32.2. The van der Waals surface area contributed by atoms with Gasteiger partial charge < -0.3 is 4.74 Å². The van der Waals surface area contributed by atoms with Gasteiger partial charge >= 0.3 is 0 Å². The van der Waals surface area contributed by atoms with Crippen molar-refractivity contribution in [3.63, 3.8) is 0 Å². The normalized spacial score (nSPS) is 13.2. The fourth-order valence-electron chi connectivity index (χ4n) is 2.35. The molecule has 2 N–H and O–H groups in total. The number of nitrogens with one attached hydrogen (secondary N) is 2. The Kier molecular flexibility index (Phi) is 7.15. The van der Waals surface area contributed by atoms with Crippen LogP contribution in [-0.2, 0) is 14.8 Å². The van der Waals surface area contributed by atoms with E-state index in [-0.39, 0.29) is 4.90 Å². The van der Waals surface area contributed by atoms with Crippen molar-refractivity contribution in [1.29, 1.82) is 5.26 Å². The zero-order valence-electron chi connectivity index (χ0n) is 16.0. The topological polar surface area (TPSA) is 108 Å². The van der Waals surface area contributed by atoms with Crippen molar-refractivity contribution >= 4 is 15.9 Å². The average Bonchev–Trinajstić information content (AvgIpc) is 2.72. The highest BCUT2D eigenvalue weighted by molar-refractivity contribution is 7.89. The van der Waals surface area contributed by atoms with Gasteiger partial charge in [0.2, 0.25) is 0 Å². The van der Waals surface area contributed by atoms with E-state index in [9.17, 15) is 13.2 Å². The smallest absolute Gasteiger partial charge is 0.275 e. The molecule has 0 heterocycles. The van der Waals surface area contributed by atoms with E-state index in [0.29, 0.717) is 17.2 Å². The van der Waals surface area contributed by atoms with Crippen molar-refractivity contribution in [1.82, 2.24) is 10.3 Å². The number of carbonyl (C=O) groups is 1. The maximum atomic E-state index is 12.3. The first-order valence-corrected chi connectivity index (χ1v) is 10.3. The molecule has 0 spiro atoms. The minimum atomic E-state index is -3.89. The van der Waals surface area contributed by atoms with Crippen LogP contribution in [0, 0.1) is 11.3 Å². The van der Waals surface area contributed by atoms with Crippen LogP contribution in [0.1, 0.15) is 44.2 Å². The second-order valence-electron chi connectivity index (χ2n) is 6.37. The molecule has 0 radical (unpaired) electrons. The van der Waals surface area contributed by atoms with Crippen LogP contribution in [-0.4, -0.2) is 20.4 Å². The third kappa shape index (κ3) is 5.55. The molecule has 7 nitrogen and oxygen atoms in total. The zero-order valence-corrected chi connectivity index (χ0v) is 16.8. The molecule has 0 aliphatic rings. The molecular formula is C20H23N3O4S. The third-order valence-corrected chi connectivity index (χ3v) is 5.61. The van der Waals surface area contributed by atoms with Gasteiger partial charge in [0.1, 0.15) is 5.75 Å². The predicted octanol–water partition coefficient (Wildman–Crippen LogP) is 2.85. The highest BCUT2D eigenvalue weighted by Crippen LogP contribution is 2.20. The summed E-state index contributed by atoms with van der Waals surface area (Å²) < 4.78 is 30.1. The lowest BCUT2D eigenvalue weighted by atomic mass is 9.99. The number of nitrogens with zero attached hydrogens (tertiary/aromatic N) is 1. The summed E-state index contributed by atoms with van der Waals surface area (Å²) >= 11 is 0. The van der Waals surface area contributed by atoms with Gasteiger partial charge in [-0.2, -0.15) is 5.26 Å². The summed E-state index contributed by atoms with van der Waals surface area (Å²) in [6.07, 6.45) is 0.0146. The zero-order chi connectivity index (χ0) is 20.7. The summed E-state index contributed by atoms with van der Waals surface area (Å²) in [4.78, 5) is 14.2. The number of amides is 1. The molecule has 148 valence electrons. The minimum Gasteiger partial charge on any atom is -0.481 e. The van der Waals surface area contributed by atoms with Crippen molar-refractivity contribution in [3.05, 3.63) is 59.7 Å². The molecule has 0 saturated carbocycles. The molecule has 0 fully saturated rings. The number of rotatable bonds is 8. The van der Waals surface area contributed by atoms with E-state index in [4.69, 9.17) is 10.00 Å². The Morgan fingerprint density at radius 1 is 1.11 bits per heavy atom. The van der Waals surface area contributed by atoms with Crippen molar-refractivity contribution in [2.45, 2.75) is 44.1 Å². The van der Waals surface area contributed by atoms with Gasteiger partial charge in [-0.3, -0.25) is 10.2 Å². The van der Waals surface area contributed by atoms with Crippen molar-refractivity contribution < 1.29 is 17.9 Å². The van der Waals surface area contributed by atoms with Gasteiger partial charge in [0, 0.05) is 0 Å².